The zero-order valence-electron chi connectivity index (χ0n) is 7.72. The van der Waals surface area contributed by atoms with Crippen molar-refractivity contribution in [1.82, 2.24) is 4.98 Å². The fourth-order valence-corrected chi connectivity index (χ4v) is 1.92. The topological polar surface area (TPSA) is 38.9 Å². The van der Waals surface area contributed by atoms with Crippen LogP contribution in [-0.2, 0) is 0 Å². The molecule has 0 aromatic carbocycles. The molecule has 0 radical (unpaired) electrons. The van der Waals surface area contributed by atoms with Crippen molar-refractivity contribution in [2.75, 3.05) is 6.54 Å². The van der Waals surface area contributed by atoms with E-state index in [1.807, 2.05) is 20.8 Å². The Morgan fingerprint density at radius 1 is 1.58 bits per heavy atom. The molecule has 0 spiro atoms. The van der Waals surface area contributed by atoms with Gasteiger partial charge in [0.05, 0.1) is 15.6 Å². The van der Waals surface area contributed by atoms with E-state index in [2.05, 4.69) is 11.1 Å². The van der Waals surface area contributed by atoms with Crippen molar-refractivity contribution in [1.29, 1.82) is 0 Å². The third-order valence-electron chi connectivity index (χ3n) is 1.64. The van der Waals surface area contributed by atoms with E-state index in [0.717, 1.165) is 10.7 Å². The molecule has 2 N–H and O–H groups in total. The summed E-state index contributed by atoms with van der Waals surface area (Å²) >= 11 is 1.72. The lowest BCUT2D eigenvalue weighted by Gasteiger charge is -1.93. The van der Waals surface area contributed by atoms with Crippen LogP contribution >= 0.6 is 11.3 Å². The summed E-state index contributed by atoms with van der Waals surface area (Å²) in [5.41, 5.74) is 7.79. The maximum atomic E-state index is 5.49. The monoisotopic (exact) mass is 182 g/mol. The molecule has 0 aliphatic heterocycles. The minimum Gasteiger partial charge on any atom is -0.327 e. The first-order valence-electron chi connectivity index (χ1n) is 3.94. The minimum atomic E-state index is 0.621. The Balaban J connectivity index is 2.95. The first-order valence-corrected chi connectivity index (χ1v) is 4.76. The molecule has 0 aliphatic carbocycles. The Bertz CT molecular complexity index is 299. The molecular weight excluding hydrogens is 168 g/mol. The fourth-order valence-electron chi connectivity index (χ4n) is 0.964. The zero-order valence-corrected chi connectivity index (χ0v) is 8.53. The molecule has 1 heterocycles. The normalized spacial score (nSPS) is 12.2. The number of aromatic nitrogens is 1. The summed E-state index contributed by atoms with van der Waals surface area (Å²) in [6.07, 6.45) is 2.11. The van der Waals surface area contributed by atoms with E-state index in [1.54, 1.807) is 11.3 Å². The third kappa shape index (κ3) is 2.16. The molecule has 0 amide bonds. The Morgan fingerprint density at radius 3 is 2.67 bits per heavy atom. The predicted octanol–water partition coefficient (Wildman–Crippen LogP) is 2.12. The summed E-state index contributed by atoms with van der Waals surface area (Å²) in [7, 11) is 0. The lowest BCUT2D eigenvalue weighted by atomic mass is 10.2. The van der Waals surface area contributed by atoms with Crippen molar-refractivity contribution in [2.24, 2.45) is 5.73 Å². The summed E-state index contributed by atoms with van der Waals surface area (Å²) in [4.78, 5) is 5.56. The van der Waals surface area contributed by atoms with Crippen molar-refractivity contribution in [2.45, 2.75) is 20.8 Å². The molecule has 0 bridgehead atoms. The van der Waals surface area contributed by atoms with Crippen LogP contribution < -0.4 is 5.73 Å². The summed E-state index contributed by atoms with van der Waals surface area (Å²) in [5.74, 6) is 0. The summed E-state index contributed by atoms with van der Waals surface area (Å²) in [5, 5.41) is 1.11. The van der Waals surface area contributed by atoms with Gasteiger partial charge < -0.3 is 5.73 Å². The van der Waals surface area contributed by atoms with Crippen LogP contribution in [0.25, 0.3) is 6.08 Å². The smallest absolute Gasteiger partial charge is 0.0903 e. The van der Waals surface area contributed by atoms with Gasteiger partial charge in [0.25, 0.3) is 0 Å². The molecule has 0 saturated heterocycles. The highest BCUT2D eigenvalue weighted by Gasteiger charge is 2.00. The van der Waals surface area contributed by atoms with E-state index in [4.69, 9.17) is 5.73 Å². The van der Waals surface area contributed by atoms with Gasteiger partial charge in [-0.1, -0.05) is 5.57 Å². The highest BCUT2D eigenvalue weighted by Crippen LogP contribution is 2.19. The van der Waals surface area contributed by atoms with Gasteiger partial charge in [-0.2, -0.15) is 0 Å². The number of hydrogen-bond donors (Lipinski definition) is 1. The van der Waals surface area contributed by atoms with Gasteiger partial charge in [-0.25, -0.2) is 4.98 Å². The first-order chi connectivity index (χ1) is 5.63. The van der Waals surface area contributed by atoms with Crippen LogP contribution in [0, 0.1) is 13.8 Å². The van der Waals surface area contributed by atoms with Crippen LogP contribution in [0.2, 0.25) is 0 Å². The number of thiazole rings is 1. The number of rotatable bonds is 2. The SMILES string of the molecule is CC(=Cc1sc(C)nc1C)CN. The number of aryl methyl sites for hydroxylation is 2. The standard InChI is InChI=1S/C9H14N2S/c1-6(5-10)4-9-7(2)11-8(3)12-9/h4H,5,10H2,1-3H3. The van der Waals surface area contributed by atoms with Gasteiger partial charge >= 0.3 is 0 Å². The molecule has 1 aromatic rings. The Labute approximate surface area is 77.1 Å². The molecule has 0 aliphatic rings. The molecule has 66 valence electrons. The van der Waals surface area contributed by atoms with E-state index in [9.17, 15) is 0 Å². The molecule has 3 heteroatoms. The largest absolute Gasteiger partial charge is 0.327 e. The van der Waals surface area contributed by atoms with Crippen LogP contribution in [0.4, 0.5) is 0 Å². The highest BCUT2D eigenvalue weighted by atomic mass is 32.1. The van der Waals surface area contributed by atoms with Crippen LogP contribution in [0.15, 0.2) is 5.57 Å². The summed E-state index contributed by atoms with van der Waals surface area (Å²) in [6.45, 7) is 6.71. The lowest BCUT2D eigenvalue weighted by molar-refractivity contribution is 1.15. The molecule has 0 atom stereocenters. The Morgan fingerprint density at radius 2 is 2.25 bits per heavy atom. The van der Waals surface area contributed by atoms with Crippen molar-refractivity contribution in [3.05, 3.63) is 21.2 Å². The number of nitrogens with two attached hydrogens (primary N) is 1. The second-order valence-electron chi connectivity index (χ2n) is 2.88. The van der Waals surface area contributed by atoms with Gasteiger partial charge in [0.1, 0.15) is 0 Å². The number of hydrogen-bond acceptors (Lipinski definition) is 3. The van der Waals surface area contributed by atoms with Crippen molar-refractivity contribution >= 4 is 17.4 Å². The maximum absolute atomic E-state index is 5.49. The van der Waals surface area contributed by atoms with E-state index >= 15 is 0 Å². The van der Waals surface area contributed by atoms with Crippen LogP contribution in [0.5, 0.6) is 0 Å². The van der Waals surface area contributed by atoms with Crippen LogP contribution in [-0.4, -0.2) is 11.5 Å². The van der Waals surface area contributed by atoms with Crippen molar-refractivity contribution < 1.29 is 0 Å². The van der Waals surface area contributed by atoms with Crippen LogP contribution in [0.1, 0.15) is 22.5 Å². The molecule has 2 nitrogen and oxygen atoms in total. The molecule has 0 fully saturated rings. The Kier molecular flexibility index (Phi) is 3.00. The van der Waals surface area contributed by atoms with Gasteiger partial charge in [-0.15, -0.1) is 11.3 Å². The van der Waals surface area contributed by atoms with Gasteiger partial charge in [-0.3, -0.25) is 0 Å². The van der Waals surface area contributed by atoms with Crippen LogP contribution in [0.3, 0.4) is 0 Å². The van der Waals surface area contributed by atoms with Gasteiger partial charge in [0.15, 0.2) is 0 Å². The van der Waals surface area contributed by atoms with Crippen molar-refractivity contribution in [3.8, 4) is 0 Å². The highest BCUT2D eigenvalue weighted by molar-refractivity contribution is 7.12. The first kappa shape index (κ1) is 9.42. The van der Waals surface area contributed by atoms with Gasteiger partial charge in [0, 0.05) is 6.54 Å². The third-order valence-corrected chi connectivity index (χ3v) is 2.66. The van der Waals surface area contributed by atoms with Crippen molar-refractivity contribution in [3.63, 3.8) is 0 Å². The summed E-state index contributed by atoms with van der Waals surface area (Å²) in [6, 6.07) is 0. The quantitative estimate of drug-likeness (QED) is 0.761. The second-order valence-corrected chi connectivity index (χ2v) is 4.11. The molecule has 12 heavy (non-hydrogen) atoms. The second kappa shape index (κ2) is 3.83. The van der Waals surface area contributed by atoms with E-state index in [1.165, 1.54) is 10.5 Å². The lowest BCUT2D eigenvalue weighted by Crippen LogP contribution is -1.99. The van der Waals surface area contributed by atoms with E-state index < -0.39 is 0 Å². The van der Waals surface area contributed by atoms with E-state index in [-0.39, 0.29) is 0 Å². The molecular formula is C9H14N2S. The van der Waals surface area contributed by atoms with E-state index in [0.29, 0.717) is 6.54 Å². The minimum absolute atomic E-state index is 0.621. The maximum Gasteiger partial charge on any atom is 0.0903 e. The Hall–Kier alpha value is -0.670. The molecule has 0 unspecified atom stereocenters. The molecule has 1 rings (SSSR count). The fraction of sp³-hybridized carbons (Fsp3) is 0.444. The zero-order chi connectivity index (χ0) is 9.14. The average molecular weight is 182 g/mol. The average Bonchev–Trinajstić information content (AvgIpc) is 2.30. The molecule has 0 saturated carbocycles. The number of nitrogens with zero attached hydrogens (tertiary/aromatic N) is 1. The molecule has 1 aromatic heterocycles. The predicted molar refractivity (Wildman–Crippen MR) is 54.3 cm³/mol. The van der Waals surface area contributed by atoms with Gasteiger partial charge in [0.2, 0.25) is 0 Å². The summed E-state index contributed by atoms with van der Waals surface area (Å²) < 4.78 is 0. The van der Waals surface area contributed by atoms with Gasteiger partial charge in [-0.05, 0) is 26.8 Å².